The van der Waals surface area contributed by atoms with Gasteiger partial charge in [0.2, 0.25) is 11.0 Å². The minimum atomic E-state index is -0.199. The molecule has 0 saturated heterocycles. The Morgan fingerprint density at radius 3 is 2.93 bits per heavy atom. The number of carbonyl (C=O) groups excluding carboxylic acids is 2. The molecule has 0 aliphatic heterocycles. The zero-order valence-corrected chi connectivity index (χ0v) is 9.95. The number of thioether (sulfide) groups is 1. The Bertz CT molecular complexity index is 336. The largest absolute Gasteiger partial charge is 0.351 e. The molecule has 0 unspecified atom stereocenters. The molecule has 0 saturated carbocycles. The zero-order valence-electron chi connectivity index (χ0n) is 8.38. The van der Waals surface area contributed by atoms with E-state index in [9.17, 15) is 9.59 Å². The maximum atomic E-state index is 11.3. The van der Waals surface area contributed by atoms with Gasteiger partial charge in [0, 0.05) is 12.1 Å². The van der Waals surface area contributed by atoms with Crippen molar-refractivity contribution in [3.63, 3.8) is 0 Å². The summed E-state index contributed by atoms with van der Waals surface area (Å²) in [6.07, 6.45) is 6.19. The minimum absolute atomic E-state index is 0.0341. The Labute approximate surface area is 97.9 Å². The number of allylic oxidation sites excluding steroid dienone is 1. The number of hydrogen-bond acceptors (Lipinski definition) is 3. The van der Waals surface area contributed by atoms with Crippen molar-refractivity contribution in [3.05, 3.63) is 23.3 Å². The molecule has 1 N–H and O–H groups in total. The zero-order chi connectivity index (χ0) is 11.3. The summed E-state index contributed by atoms with van der Waals surface area (Å²) in [6, 6.07) is 0. The van der Waals surface area contributed by atoms with Crippen LogP contribution in [0.1, 0.15) is 6.42 Å². The predicted molar refractivity (Wildman–Crippen MR) is 63.0 cm³/mol. The van der Waals surface area contributed by atoms with E-state index in [4.69, 9.17) is 11.6 Å². The number of nitrogens with one attached hydrogen (secondary N) is 1. The summed E-state index contributed by atoms with van der Waals surface area (Å²) in [7, 11) is 0. The lowest BCUT2D eigenvalue weighted by Crippen LogP contribution is -2.25. The van der Waals surface area contributed by atoms with Crippen LogP contribution in [0, 0.1) is 0 Å². The Balaban J connectivity index is 2.43. The van der Waals surface area contributed by atoms with E-state index in [2.05, 4.69) is 5.32 Å². The number of hydrogen-bond donors (Lipinski definition) is 1. The van der Waals surface area contributed by atoms with Crippen LogP contribution in [0.15, 0.2) is 23.3 Å². The quantitative estimate of drug-likeness (QED) is 0.764. The average molecular weight is 246 g/mol. The first-order valence-corrected chi connectivity index (χ1v) is 6.24. The van der Waals surface area contributed by atoms with Crippen LogP contribution in [0.4, 0.5) is 0 Å². The Morgan fingerprint density at radius 2 is 2.33 bits per heavy atom. The van der Waals surface area contributed by atoms with Crippen LogP contribution in [-0.4, -0.2) is 29.7 Å². The van der Waals surface area contributed by atoms with Crippen molar-refractivity contribution in [2.45, 2.75) is 6.42 Å². The van der Waals surface area contributed by atoms with Crippen LogP contribution < -0.4 is 5.32 Å². The lowest BCUT2D eigenvalue weighted by Gasteiger charge is -2.01. The van der Waals surface area contributed by atoms with Gasteiger partial charge in [0.25, 0.3) is 0 Å². The number of halogens is 1. The molecule has 5 heteroatoms. The van der Waals surface area contributed by atoms with E-state index in [1.807, 2.05) is 12.2 Å². The molecule has 0 aromatic heterocycles. The van der Waals surface area contributed by atoms with Gasteiger partial charge < -0.3 is 5.32 Å². The maximum absolute atomic E-state index is 11.3. The highest BCUT2D eigenvalue weighted by molar-refractivity contribution is 8.13. The van der Waals surface area contributed by atoms with Gasteiger partial charge in [-0.2, -0.15) is 0 Å². The molecule has 1 aliphatic carbocycles. The van der Waals surface area contributed by atoms with Gasteiger partial charge in [-0.25, -0.2) is 0 Å². The SMILES string of the molecule is CSC(=O)C1=CC(CNC(=O)CCl)=CC1. The number of rotatable bonds is 4. The molecule has 15 heavy (non-hydrogen) atoms. The molecular weight excluding hydrogens is 234 g/mol. The van der Waals surface area contributed by atoms with Gasteiger partial charge in [0.05, 0.1) is 0 Å². The second kappa shape index (κ2) is 5.98. The third-order valence-corrected chi connectivity index (χ3v) is 2.88. The first-order valence-electron chi connectivity index (χ1n) is 4.48. The highest BCUT2D eigenvalue weighted by Gasteiger charge is 2.13. The summed E-state index contributed by atoms with van der Waals surface area (Å²) >= 11 is 6.54. The van der Waals surface area contributed by atoms with Gasteiger partial charge in [-0.3, -0.25) is 9.59 Å². The number of carbonyl (C=O) groups is 2. The van der Waals surface area contributed by atoms with Gasteiger partial charge >= 0.3 is 0 Å². The van der Waals surface area contributed by atoms with Gasteiger partial charge in [-0.1, -0.05) is 17.8 Å². The lowest BCUT2D eigenvalue weighted by atomic mass is 10.2. The van der Waals surface area contributed by atoms with Crippen molar-refractivity contribution in [1.82, 2.24) is 5.32 Å². The topological polar surface area (TPSA) is 46.2 Å². The van der Waals surface area contributed by atoms with E-state index in [0.29, 0.717) is 13.0 Å². The van der Waals surface area contributed by atoms with Crippen molar-refractivity contribution in [3.8, 4) is 0 Å². The van der Waals surface area contributed by atoms with Gasteiger partial charge in [0.1, 0.15) is 5.88 Å². The van der Waals surface area contributed by atoms with E-state index in [0.717, 1.165) is 11.1 Å². The first kappa shape index (κ1) is 12.3. The second-order valence-corrected chi connectivity index (χ2v) is 4.10. The molecule has 0 atom stereocenters. The van der Waals surface area contributed by atoms with Crippen molar-refractivity contribution < 1.29 is 9.59 Å². The molecule has 3 nitrogen and oxygen atoms in total. The summed E-state index contributed by atoms with van der Waals surface area (Å²) < 4.78 is 0. The Morgan fingerprint density at radius 1 is 1.60 bits per heavy atom. The fourth-order valence-corrected chi connectivity index (χ4v) is 1.73. The van der Waals surface area contributed by atoms with Gasteiger partial charge in [-0.15, -0.1) is 11.6 Å². The van der Waals surface area contributed by atoms with Crippen molar-refractivity contribution >= 4 is 34.4 Å². The van der Waals surface area contributed by atoms with E-state index in [1.54, 1.807) is 6.26 Å². The predicted octanol–water partition coefficient (Wildman–Crippen LogP) is 1.49. The highest BCUT2D eigenvalue weighted by atomic mass is 35.5. The summed E-state index contributed by atoms with van der Waals surface area (Å²) in [5.74, 6) is -0.233. The number of amides is 1. The number of alkyl halides is 1. The molecule has 0 aromatic rings. The standard InChI is InChI=1S/C10H12ClNO2S/c1-15-10(14)8-3-2-7(4-8)6-12-9(13)5-11/h2,4H,3,5-6H2,1H3,(H,12,13). The molecule has 0 spiro atoms. The summed E-state index contributed by atoms with van der Waals surface area (Å²) in [4.78, 5) is 22.2. The lowest BCUT2D eigenvalue weighted by molar-refractivity contribution is -0.118. The summed E-state index contributed by atoms with van der Waals surface area (Å²) in [5, 5.41) is 2.74. The van der Waals surface area contributed by atoms with Crippen LogP contribution in [0.2, 0.25) is 0 Å². The molecule has 1 rings (SSSR count). The summed E-state index contributed by atoms with van der Waals surface area (Å²) in [6.45, 7) is 0.441. The Kier molecular flexibility index (Phi) is 4.91. The summed E-state index contributed by atoms with van der Waals surface area (Å²) in [5.41, 5.74) is 1.75. The van der Waals surface area contributed by atoms with E-state index >= 15 is 0 Å². The molecule has 0 fully saturated rings. The van der Waals surface area contributed by atoms with Crippen LogP contribution in [0.5, 0.6) is 0 Å². The molecule has 82 valence electrons. The first-order chi connectivity index (χ1) is 7.17. The normalized spacial score (nSPS) is 14.5. The van der Waals surface area contributed by atoms with Crippen LogP contribution in [0.3, 0.4) is 0 Å². The molecule has 0 radical (unpaired) electrons. The van der Waals surface area contributed by atoms with Crippen LogP contribution in [0.25, 0.3) is 0 Å². The highest BCUT2D eigenvalue weighted by Crippen LogP contribution is 2.21. The monoisotopic (exact) mass is 245 g/mol. The third kappa shape index (κ3) is 3.72. The fraction of sp³-hybridized carbons (Fsp3) is 0.400. The molecular formula is C10H12ClNO2S. The van der Waals surface area contributed by atoms with Gasteiger partial charge in [-0.05, 0) is 24.3 Å². The van der Waals surface area contributed by atoms with E-state index < -0.39 is 0 Å². The molecule has 0 bridgehead atoms. The minimum Gasteiger partial charge on any atom is -0.351 e. The van der Waals surface area contributed by atoms with Gasteiger partial charge in [0.15, 0.2) is 0 Å². The van der Waals surface area contributed by atoms with E-state index in [-0.39, 0.29) is 16.9 Å². The van der Waals surface area contributed by atoms with Crippen LogP contribution >= 0.6 is 23.4 Å². The molecule has 0 heterocycles. The van der Waals surface area contributed by atoms with Crippen molar-refractivity contribution in [1.29, 1.82) is 0 Å². The molecule has 1 amide bonds. The smallest absolute Gasteiger partial charge is 0.235 e. The average Bonchev–Trinajstić information content (AvgIpc) is 2.73. The Hall–Kier alpha value is -0.740. The maximum Gasteiger partial charge on any atom is 0.235 e. The van der Waals surface area contributed by atoms with E-state index in [1.165, 1.54) is 11.8 Å². The molecule has 1 aliphatic rings. The van der Waals surface area contributed by atoms with Crippen LogP contribution in [-0.2, 0) is 9.59 Å². The molecule has 0 aromatic carbocycles. The third-order valence-electron chi connectivity index (χ3n) is 2.00. The van der Waals surface area contributed by atoms with Crippen molar-refractivity contribution in [2.75, 3.05) is 18.7 Å². The second-order valence-electron chi connectivity index (χ2n) is 3.05. The van der Waals surface area contributed by atoms with Crippen molar-refractivity contribution in [2.24, 2.45) is 0 Å². The fourth-order valence-electron chi connectivity index (χ4n) is 1.23.